The molecule has 1 aromatic heterocycles. The molecule has 0 atom stereocenters. The maximum Gasteiger partial charge on any atom is 0.417 e. The molecule has 0 fully saturated rings. The van der Waals surface area contributed by atoms with Crippen molar-refractivity contribution in [2.45, 2.75) is 6.18 Å². The number of amides is 2. The molecule has 0 saturated heterocycles. The van der Waals surface area contributed by atoms with Gasteiger partial charge in [-0.25, -0.2) is 9.78 Å². The van der Waals surface area contributed by atoms with Crippen LogP contribution in [0.3, 0.4) is 0 Å². The molecule has 0 spiro atoms. The Bertz CT molecular complexity index is 462. The molecular weight excluding hydrogens is 255 g/mol. The van der Waals surface area contributed by atoms with Crippen LogP contribution in [0.25, 0.3) is 0 Å². The second kappa shape index (κ2) is 5.34. The Kier molecular flexibility index (Phi) is 4.08. The highest BCUT2D eigenvalue weighted by molar-refractivity contribution is 5.89. The molecule has 0 saturated carbocycles. The van der Waals surface area contributed by atoms with Crippen molar-refractivity contribution in [1.82, 2.24) is 4.98 Å². The summed E-state index contributed by atoms with van der Waals surface area (Å²) < 4.78 is 42.0. The molecule has 98 valence electrons. The number of alkyl halides is 3. The van der Waals surface area contributed by atoms with Crippen LogP contribution >= 0.6 is 0 Å². The number of halogens is 3. The normalized spacial score (nSPS) is 10.8. The summed E-state index contributed by atoms with van der Waals surface area (Å²) in [6.07, 6.45) is -3.72. The zero-order chi connectivity index (χ0) is 13.8. The fourth-order valence-electron chi connectivity index (χ4n) is 1.06. The number of rotatable bonds is 4. The van der Waals surface area contributed by atoms with Gasteiger partial charge in [0.2, 0.25) is 5.88 Å². The standard InChI is InChI=1S/C9H8F3N3O3/c10-9(11,12)5-3-6(15-8(13)17)7(14-4-5)18-2-1-16/h1,3-4H,2H2,(H3,13,15,17). The number of pyridine rings is 1. The van der Waals surface area contributed by atoms with Crippen LogP contribution in [0.4, 0.5) is 23.7 Å². The van der Waals surface area contributed by atoms with Gasteiger partial charge in [-0.3, -0.25) is 4.79 Å². The number of nitrogens with two attached hydrogens (primary N) is 1. The Morgan fingerprint density at radius 2 is 2.22 bits per heavy atom. The molecule has 0 aliphatic rings. The molecule has 1 heterocycles. The summed E-state index contributed by atoms with van der Waals surface area (Å²) >= 11 is 0. The van der Waals surface area contributed by atoms with Crippen molar-refractivity contribution in [3.63, 3.8) is 0 Å². The highest BCUT2D eigenvalue weighted by atomic mass is 19.4. The maximum atomic E-state index is 12.4. The summed E-state index contributed by atoms with van der Waals surface area (Å²) in [5.41, 5.74) is 3.36. The lowest BCUT2D eigenvalue weighted by Gasteiger charge is -2.12. The smallest absolute Gasteiger partial charge is 0.417 e. The van der Waals surface area contributed by atoms with Crippen molar-refractivity contribution in [3.8, 4) is 5.88 Å². The quantitative estimate of drug-likeness (QED) is 0.797. The van der Waals surface area contributed by atoms with Gasteiger partial charge in [0, 0.05) is 6.20 Å². The summed E-state index contributed by atoms with van der Waals surface area (Å²) in [6, 6.07) is -0.468. The third-order valence-corrected chi connectivity index (χ3v) is 1.72. The molecule has 0 aromatic carbocycles. The summed E-state index contributed by atoms with van der Waals surface area (Å²) in [6.45, 7) is -0.411. The van der Waals surface area contributed by atoms with Gasteiger partial charge in [0.15, 0.2) is 6.29 Å². The van der Waals surface area contributed by atoms with Crippen LogP contribution < -0.4 is 15.8 Å². The molecule has 0 radical (unpaired) electrons. The van der Waals surface area contributed by atoms with E-state index < -0.39 is 24.4 Å². The average molecular weight is 263 g/mol. The van der Waals surface area contributed by atoms with E-state index in [1.165, 1.54) is 0 Å². The van der Waals surface area contributed by atoms with Gasteiger partial charge in [0.05, 0.1) is 5.56 Å². The molecule has 2 amide bonds. The fraction of sp³-hybridized carbons (Fsp3) is 0.222. The van der Waals surface area contributed by atoms with Gasteiger partial charge in [-0.15, -0.1) is 0 Å². The summed E-state index contributed by atoms with van der Waals surface area (Å²) in [5, 5.41) is 1.93. The topological polar surface area (TPSA) is 94.3 Å². The molecule has 0 unspecified atom stereocenters. The van der Waals surface area contributed by atoms with E-state index in [9.17, 15) is 22.8 Å². The Morgan fingerprint density at radius 1 is 1.56 bits per heavy atom. The Balaban J connectivity index is 3.11. The molecule has 1 rings (SSSR count). The van der Waals surface area contributed by atoms with Crippen molar-refractivity contribution in [1.29, 1.82) is 0 Å². The molecular formula is C9H8F3N3O3. The van der Waals surface area contributed by atoms with Gasteiger partial charge < -0.3 is 15.8 Å². The third kappa shape index (κ3) is 3.61. The SMILES string of the molecule is NC(=O)Nc1cc(C(F)(F)F)cnc1OCC=O. The van der Waals surface area contributed by atoms with Gasteiger partial charge in [-0.05, 0) is 6.07 Å². The highest BCUT2D eigenvalue weighted by Crippen LogP contribution is 2.33. The van der Waals surface area contributed by atoms with Crippen LogP contribution in [0.1, 0.15) is 5.56 Å². The number of anilines is 1. The van der Waals surface area contributed by atoms with Crippen LogP contribution in [0.2, 0.25) is 0 Å². The minimum absolute atomic E-state index is 0.325. The second-order valence-corrected chi connectivity index (χ2v) is 3.04. The lowest BCUT2D eigenvalue weighted by molar-refractivity contribution is -0.137. The Labute approximate surface area is 98.9 Å². The number of hydrogen-bond acceptors (Lipinski definition) is 4. The van der Waals surface area contributed by atoms with Crippen LogP contribution in [0.5, 0.6) is 5.88 Å². The first-order valence-electron chi connectivity index (χ1n) is 4.54. The molecule has 3 N–H and O–H groups in total. The molecule has 0 aliphatic carbocycles. The van der Waals surface area contributed by atoms with Gasteiger partial charge in [0.25, 0.3) is 0 Å². The second-order valence-electron chi connectivity index (χ2n) is 3.04. The van der Waals surface area contributed by atoms with E-state index in [2.05, 4.69) is 4.98 Å². The van der Waals surface area contributed by atoms with E-state index in [0.29, 0.717) is 18.5 Å². The first-order chi connectivity index (χ1) is 8.34. The van der Waals surface area contributed by atoms with Gasteiger partial charge in [-0.1, -0.05) is 0 Å². The van der Waals surface area contributed by atoms with E-state index >= 15 is 0 Å². The first-order valence-corrected chi connectivity index (χ1v) is 4.54. The number of nitrogens with zero attached hydrogens (tertiary/aromatic N) is 1. The monoisotopic (exact) mass is 263 g/mol. The number of aldehydes is 1. The molecule has 1 aromatic rings. The van der Waals surface area contributed by atoms with Crippen molar-refractivity contribution in [2.75, 3.05) is 11.9 Å². The fourth-order valence-corrected chi connectivity index (χ4v) is 1.06. The molecule has 9 heteroatoms. The number of hydrogen-bond donors (Lipinski definition) is 2. The molecule has 0 aliphatic heterocycles. The van der Waals surface area contributed by atoms with Gasteiger partial charge in [-0.2, -0.15) is 13.2 Å². The van der Waals surface area contributed by atoms with E-state index in [4.69, 9.17) is 10.5 Å². The van der Waals surface area contributed by atoms with E-state index in [1.54, 1.807) is 0 Å². The van der Waals surface area contributed by atoms with Crippen molar-refractivity contribution in [3.05, 3.63) is 17.8 Å². The zero-order valence-corrected chi connectivity index (χ0v) is 8.82. The molecule has 18 heavy (non-hydrogen) atoms. The van der Waals surface area contributed by atoms with Gasteiger partial charge in [0.1, 0.15) is 12.3 Å². The maximum absolute atomic E-state index is 12.4. The van der Waals surface area contributed by atoms with Crippen LogP contribution in [0, 0.1) is 0 Å². The predicted molar refractivity (Wildman–Crippen MR) is 54.0 cm³/mol. The average Bonchev–Trinajstić information content (AvgIpc) is 2.25. The van der Waals surface area contributed by atoms with Crippen LogP contribution in [-0.4, -0.2) is 23.9 Å². The van der Waals surface area contributed by atoms with Gasteiger partial charge >= 0.3 is 12.2 Å². The first kappa shape index (κ1) is 13.7. The number of ether oxygens (including phenoxy) is 1. The summed E-state index contributed by atoms with van der Waals surface area (Å²) in [7, 11) is 0. The summed E-state index contributed by atoms with van der Waals surface area (Å²) in [4.78, 5) is 24.1. The minimum atomic E-state index is -4.62. The van der Waals surface area contributed by atoms with Crippen molar-refractivity contribution < 1.29 is 27.5 Å². The van der Waals surface area contributed by atoms with Crippen LogP contribution in [0.15, 0.2) is 12.3 Å². The third-order valence-electron chi connectivity index (χ3n) is 1.72. The lowest BCUT2D eigenvalue weighted by Crippen LogP contribution is -2.21. The number of nitrogens with one attached hydrogen (secondary N) is 1. The minimum Gasteiger partial charge on any atom is -0.469 e. The van der Waals surface area contributed by atoms with Crippen LogP contribution in [-0.2, 0) is 11.0 Å². The molecule has 6 nitrogen and oxygen atoms in total. The van der Waals surface area contributed by atoms with E-state index in [-0.39, 0.29) is 11.6 Å². The largest absolute Gasteiger partial charge is 0.469 e. The Hall–Kier alpha value is -2.32. The number of primary amides is 1. The predicted octanol–water partition coefficient (Wildman–Crippen LogP) is 1.17. The number of aromatic nitrogens is 1. The molecule has 0 bridgehead atoms. The number of carbonyl (C=O) groups is 2. The zero-order valence-electron chi connectivity index (χ0n) is 8.82. The highest BCUT2D eigenvalue weighted by Gasteiger charge is 2.32. The van der Waals surface area contributed by atoms with E-state index in [0.717, 1.165) is 0 Å². The Morgan fingerprint density at radius 3 is 2.72 bits per heavy atom. The van der Waals surface area contributed by atoms with Crippen molar-refractivity contribution in [2.24, 2.45) is 5.73 Å². The van der Waals surface area contributed by atoms with Crippen molar-refractivity contribution >= 4 is 18.0 Å². The van der Waals surface area contributed by atoms with E-state index in [1.807, 2.05) is 5.32 Å². The number of urea groups is 1. The summed E-state index contributed by atoms with van der Waals surface area (Å²) in [5.74, 6) is -0.325. The lowest BCUT2D eigenvalue weighted by atomic mass is 10.2. The number of carbonyl (C=O) groups excluding carboxylic acids is 2.